The summed E-state index contributed by atoms with van der Waals surface area (Å²) in [6.07, 6.45) is 1.76. The fourth-order valence-corrected chi connectivity index (χ4v) is 4.31. The maximum Gasteiger partial charge on any atom is 0.409 e. The Morgan fingerprint density at radius 2 is 1.91 bits per heavy atom. The number of nitrogens with one attached hydrogen (secondary N) is 1. The predicted molar refractivity (Wildman–Crippen MR) is 128 cm³/mol. The van der Waals surface area contributed by atoms with Crippen LogP contribution in [0.15, 0.2) is 18.2 Å². The molecular weight excluding hydrogens is 451 g/mol. The van der Waals surface area contributed by atoms with Crippen molar-refractivity contribution in [1.29, 1.82) is 0 Å². The van der Waals surface area contributed by atoms with Crippen LogP contribution in [0.3, 0.4) is 0 Å². The van der Waals surface area contributed by atoms with Crippen molar-refractivity contribution in [2.45, 2.75) is 52.2 Å². The van der Waals surface area contributed by atoms with Gasteiger partial charge in [0.15, 0.2) is 0 Å². The van der Waals surface area contributed by atoms with E-state index < -0.39 is 0 Å². The molecule has 0 spiro atoms. The normalized spacial score (nSPS) is 18.1. The molecule has 174 valence electrons. The summed E-state index contributed by atoms with van der Waals surface area (Å²) in [5.41, 5.74) is 3.23. The Labute approximate surface area is 199 Å². The van der Waals surface area contributed by atoms with Gasteiger partial charge in [0.1, 0.15) is 5.82 Å². The molecule has 0 bridgehead atoms. The van der Waals surface area contributed by atoms with E-state index in [0.717, 1.165) is 29.1 Å². The highest BCUT2D eigenvalue weighted by molar-refractivity contribution is 6.36. The summed E-state index contributed by atoms with van der Waals surface area (Å²) >= 11 is 12.5. The molecule has 1 aromatic heterocycles. The Morgan fingerprint density at radius 3 is 2.53 bits per heavy atom. The number of halogens is 2. The van der Waals surface area contributed by atoms with Crippen molar-refractivity contribution in [2.75, 3.05) is 32.1 Å². The van der Waals surface area contributed by atoms with Gasteiger partial charge in [-0.25, -0.2) is 14.8 Å². The second kappa shape index (κ2) is 11.2. The Bertz CT molecular complexity index is 957. The summed E-state index contributed by atoms with van der Waals surface area (Å²) in [7, 11) is 1.39. The van der Waals surface area contributed by atoms with Gasteiger partial charge in [-0.15, -0.1) is 0 Å². The first-order valence-corrected chi connectivity index (χ1v) is 11.7. The molecule has 1 aromatic carbocycles. The number of carbonyl (C=O) groups excluding carboxylic acids is 1. The van der Waals surface area contributed by atoms with E-state index in [1.54, 1.807) is 17.0 Å². The zero-order chi connectivity index (χ0) is 23.3. The number of rotatable bonds is 8. The number of aryl methyl sites for hydroxylation is 2. The van der Waals surface area contributed by atoms with Gasteiger partial charge in [-0.2, -0.15) is 0 Å². The number of hydrogen-bond donors (Lipinski definition) is 1. The third-order valence-electron chi connectivity index (χ3n) is 5.45. The molecule has 1 saturated heterocycles. The summed E-state index contributed by atoms with van der Waals surface area (Å²) in [5.74, 6) is 0.708. The van der Waals surface area contributed by atoms with E-state index in [4.69, 9.17) is 42.6 Å². The second-order valence-electron chi connectivity index (χ2n) is 7.68. The highest BCUT2D eigenvalue weighted by Gasteiger charge is 2.37. The minimum atomic E-state index is -0.358. The van der Waals surface area contributed by atoms with Gasteiger partial charge in [0.25, 0.3) is 0 Å². The molecule has 0 unspecified atom stereocenters. The Morgan fingerprint density at radius 1 is 1.16 bits per heavy atom. The van der Waals surface area contributed by atoms with Gasteiger partial charge in [0, 0.05) is 23.7 Å². The lowest BCUT2D eigenvalue weighted by Gasteiger charge is -2.22. The number of likely N-dealkylation sites (tertiary alicyclic amines) is 1. The minimum Gasteiger partial charge on any atom is -0.453 e. The summed E-state index contributed by atoms with van der Waals surface area (Å²) < 4.78 is 10.9. The van der Waals surface area contributed by atoms with Crippen LogP contribution in [0, 0.1) is 0 Å². The van der Waals surface area contributed by atoms with Gasteiger partial charge in [-0.1, -0.05) is 44.0 Å². The average molecular weight is 481 g/mol. The molecule has 0 aliphatic carbocycles. The molecule has 2 heterocycles. The Balaban J connectivity index is 1.93. The topological polar surface area (TPSA) is 76.6 Å². The largest absolute Gasteiger partial charge is 0.453 e. The van der Waals surface area contributed by atoms with Crippen molar-refractivity contribution in [3.63, 3.8) is 0 Å². The zero-order valence-corrected chi connectivity index (χ0v) is 20.5. The number of hydrogen-bond acceptors (Lipinski definition) is 6. The summed E-state index contributed by atoms with van der Waals surface area (Å²) in [6.45, 7) is 7.70. The van der Waals surface area contributed by atoms with Gasteiger partial charge in [0.2, 0.25) is 0 Å². The fourth-order valence-electron chi connectivity index (χ4n) is 3.82. The molecule has 1 fully saturated rings. The monoisotopic (exact) mass is 480 g/mol. The van der Waals surface area contributed by atoms with Crippen LogP contribution < -0.4 is 5.32 Å². The average Bonchev–Trinajstić information content (AvgIpc) is 3.19. The molecule has 9 heteroatoms. The number of benzene rings is 1. The Hall–Kier alpha value is -2.09. The van der Waals surface area contributed by atoms with E-state index >= 15 is 0 Å². The SMILES string of the molecule is CCCO[C@H]1CN(C(=O)OC)C[C@H]1Nc1nc(CC)c(-c2ccc(Cl)cc2Cl)nc1CC. The first-order chi connectivity index (χ1) is 15.4. The van der Waals surface area contributed by atoms with E-state index in [0.29, 0.717) is 48.4 Å². The maximum atomic E-state index is 12.1. The van der Waals surface area contributed by atoms with Crippen molar-refractivity contribution in [3.8, 4) is 11.3 Å². The number of aromatic nitrogens is 2. The molecule has 0 radical (unpaired) electrons. The van der Waals surface area contributed by atoms with Crippen LogP contribution in [-0.4, -0.2) is 59.9 Å². The van der Waals surface area contributed by atoms with Crippen LogP contribution >= 0.6 is 23.2 Å². The molecule has 7 nitrogen and oxygen atoms in total. The van der Waals surface area contributed by atoms with Gasteiger partial charge in [0.05, 0.1) is 47.9 Å². The molecule has 1 aliphatic rings. The molecule has 2 aromatic rings. The summed E-state index contributed by atoms with van der Waals surface area (Å²) in [4.78, 5) is 23.6. The number of nitrogens with zero attached hydrogens (tertiary/aromatic N) is 3. The third-order valence-corrected chi connectivity index (χ3v) is 6.00. The van der Waals surface area contributed by atoms with Gasteiger partial charge in [-0.05, 0) is 37.5 Å². The van der Waals surface area contributed by atoms with Crippen molar-refractivity contribution in [3.05, 3.63) is 39.6 Å². The molecule has 32 heavy (non-hydrogen) atoms. The van der Waals surface area contributed by atoms with Crippen molar-refractivity contribution in [1.82, 2.24) is 14.9 Å². The van der Waals surface area contributed by atoms with Crippen LogP contribution in [0.1, 0.15) is 38.6 Å². The molecule has 2 atom stereocenters. The molecule has 0 saturated carbocycles. The van der Waals surface area contributed by atoms with E-state index in [1.165, 1.54) is 7.11 Å². The highest BCUT2D eigenvalue weighted by atomic mass is 35.5. The molecule has 1 N–H and O–H groups in total. The van der Waals surface area contributed by atoms with Crippen molar-refractivity contribution < 1.29 is 14.3 Å². The molecule has 1 aliphatic heterocycles. The first-order valence-electron chi connectivity index (χ1n) is 11.0. The lowest BCUT2D eigenvalue weighted by molar-refractivity contribution is 0.0529. The van der Waals surface area contributed by atoms with Crippen LogP contribution in [0.2, 0.25) is 10.0 Å². The van der Waals surface area contributed by atoms with E-state index in [1.807, 2.05) is 19.9 Å². The van der Waals surface area contributed by atoms with E-state index in [-0.39, 0.29) is 18.2 Å². The maximum absolute atomic E-state index is 12.1. The van der Waals surface area contributed by atoms with Gasteiger partial charge >= 0.3 is 6.09 Å². The van der Waals surface area contributed by atoms with Crippen LogP contribution in [0.25, 0.3) is 11.3 Å². The summed E-state index contributed by atoms with van der Waals surface area (Å²) in [6, 6.07) is 5.28. The number of carbonyl (C=O) groups is 1. The van der Waals surface area contributed by atoms with Crippen molar-refractivity contribution >= 4 is 35.1 Å². The number of amides is 1. The molecular formula is C23H30Cl2N4O3. The quantitative estimate of drug-likeness (QED) is 0.556. The summed E-state index contributed by atoms with van der Waals surface area (Å²) in [5, 5.41) is 4.62. The van der Waals surface area contributed by atoms with Crippen LogP contribution in [0.4, 0.5) is 10.6 Å². The third kappa shape index (κ3) is 5.45. The second-order valence-corrected chi connectivity index (χ2v) is 8.52. The molecule has 1 amide bonds. The minimum absolute atomic E-state index is 0.116. The van der Waals surface area contributed by atoms with Crippen LogP contribution in [0.5, 0.6) is 0 Å². The van der Waals surface area contributed by atoms with Crippen molar-refractivity contribution in [2.24, 2.45) is 0 Å². The van der Waals surface area contributed by atoms with Gasteiger partial charge in [-0.3, -0.25) is 0 Å². The predicted octanol–water partition coefficient (Wildman–Crippen LogP) is 5.23. The first kappa shape index (κ1) is 24.6. The Kier molecular flexibility index (Phi) is 8.57. The van der Waals surface area contributed by atoms with E-state index in [9.17, 15) is 4.79 Å². The lowest BCUT2D eigenvalue weighted by atomic mass is 10.1. The molecule has 3 rings (SSSR count). The number of methoxy groups -OCH3 is 1. The number of anilines is 1. The lowest BCUT2D eigenvalue weighted by Crippen LogP contribution is -2.35. The number of ether oxygens (including phenoxy) is 2. The zero-order valence-electron chi connectivity index (χ0n) is 19.0. The van der Waals surface area contributed by atoms with Crippen LogP contribution in [-0.2, 0) is 22.3 Å². The highest BCUT2D eigenvalue weighted by Crippen LogP contribution is 2.33. The smallest absolute Gasteiger partial charge is 0.409 e. The van der Waals surface area contributed by atoms with Gasteiger partial charge < -0.3 is 19.7 Å². The van der Waals surface area contributed by atoms with E-state index in [2.05, 4.69) is 12.2 Å². The fraction of sp³-hybridized carbons (Fsp3) is 0.522. The standard InChI is InChI=1S/C23H30Cl2N4O3/c1-5-10-32-20-13-29(23(30)31-4)12-19(20)28-22-18(7-3)26-21(17(6-2)27-22)15-9-8-14(24)11-16(15)25/h8-9,11,19-20H,5-7,10,12-13H2,1-4H3,(H,27,28)/t19-,20+/m1/s1.